The molecule has 0 radical (unpaired) electrons. The van der Waals surface area contributed by atoms with Gasteiger partial charge in [0.15, 0.2) is 5.78 Å². The van der Waals surface area contributed by atoms with Crippen molar-refractivity contribution in [3.63, 3.8) is 0 Å². The van der Waals surface area contributed by atoms with Gasteiger partial charge in [-0.1, -0.05) is 0 Å². The summed E-state index contributed by atoms with van der Waals surface area (Å²) in [6, 6.07) is 0. The molecule has 1 rings (SSSR count). The normalized spacial score (nSPS) is 33.2. The summed E-state index contributed by atoms with van der Waals surface area (Å²) >= 11 is 0. The summed E-state index contributed by atoms with van der Waals surface area (Å²) in [6.45, 7) is 1.18. The molecule has 0 aromatic carbocycles. The largest absolute Gasteiger partial charge is 0.455 e. The van der Waals surface area contributed by atoms with Crippen LogP contribution in [0.3, 0.4) is 0 Å². The minimum absolute atomic E-state index is 0.574. The van der Waals surface area contributed by atoms with E-state index in [1.54, 1.807) is 0 Å². The third-order valence-electron chi connectivity index (χ3n) is 1.70. The zero-order chi connectivity index (χ0) is 10.0. The van der Waals surface area contributed by atoms with Gasteiger partial charge in [-0.25, -0.2) is 0 Å². The van der Waals surface area contributed by atoms with E-state index in [-0.39, 0.29) is 0 Å². The van der Waals surface area contributed by atoms with Gasteiger partial charge in [0.05, 0.1) is 0 Å². The molecule has 0 saturated carbocycles. The van der Waals surface area contributed by atoms with E-state index in [2.05, 4.69) is 4.74 Å². The molecule has 5 nitrogen and oxygen atoms in total. The van der Waals surface area contributed by atoms with E-state index in [4.69, 9.17) is 5.11 Å². The van der Waals surface area contributed by atoms with Gasteiger partial charge in [-0.2, -0.15) is 0 Å². The number of esters is 1. The predicted octanol–water partition coefficient (Wildman–Crippen LogP) is -1.22. The Labute approximate surface area is 74.6 Å². The van der Waals surface area contributed by atoms with Crippen molar-refractivity contribution in [2.24, 2.45) is 0 Å². The highest BCUT2D eigenvalue weighted by molar-refractivity contribution is 5.95. The molecule has 3 atom stereocenters. The first kappa shape index (κ1) is 9.88. The quantitative estimate of drug-likeness (QED) is 0.501. The Kier molecular flexibility index (Phi) is 2.79. The zero-order valence-corrected chi connectivity index (χ0v) is 7.01. The van der Waals surface area contributed by atoms with Crippen LogP contribution in [0.25, 0.3) is 0 Å². The minimum atomic E-state index is -1.51. The lowest BCUT2D eigenvalue weighted by molar-refractivity contribution is -0.156. The van der Waals surface area contributed by atoms with Crippen LogP contribution in [-0.4, -0.2) is 40.3 Å². The fourth-order valence-electron chi connectivity index (χ4n) is 1.05. The van der Waals surface area contributed by atoms with Gasteiger partial charge < -0.3 is 14.9 Å². The van der Waals surface area contributed by atoms with Crippen LogP contribution in [0.1, 0.15) is 6.92 Å². The van der Waals surface area contributed by atoms with Crippen LogP contribution in [0, 0.1) is 0 Å². The first-order chi connectivity index (χ1) is 6.02. The molecule has 13 heavy (non-hydrogen) atoms. The van der Waals surface area contributed by atoms with Gasteiger partial charge in [-0.05, 0) is 12.2 Å². The number of ether oxygens (including phenoxy) is 1. The molecular formula is C8H10O5. The Hall–Kier alpha value is -1.20. The number of hydrogen-bond acceptors (Lipinski definition) is 5. The summed E-state index contributed by atoms with van der Waals surface area (Å²) in [5, 5.41) is 18.3. The van der Waals surface area contributed by atoms with Gasteiger partial charge in [-0.15, -0.1) is 0 Å². The molecule has 0 aromatic rings. The Morgan fingerprint density at radius 2 is 2.15 bits per heavy atom. The van der Waals surface area contributed by atoms with E-state index in [1.165, 1.54) is 13.0 Å². The molecule has 0 saturated heterocycles. The lowest BCUT2D eigenvalue weighted by Gasteiger charge is -2.25. The molecule has 5 heteroatoms. The lowest BCUT2D eigenvalue weighted by atomic mass is 9.98. The van der Waals surface area contributed by atoms with E-state index in [9.17, 15) is 14.7 Å². The van der Waals surface area contributed by atoms with Crippen LogP contribution >= 0.6 is 0 Å². The van der Waals surface area contributed by atoms with Crippen LogP contribution in [0.2, 0.25) is 0 Å². The van der Waals surface area contributed by atoms with Gasteiger partial charge in [0.25, 0.3) is 0 Å². The molecule has 0 fully saturated rings. The number of carbonyl (C=O) groups excluding carboxylic acids is 2. The Morgan fingerprint density at radius 3 is 2.69 bits per heavy atom. The SMILES string of the molecule is CC(=O)O[C@@H]1C=CC(=O)[C@@H](O)[C@@H]1O. The van der Waals surface area contributed by atoms with Crippen LogP contribution in [-0.2, 0) is 14.3 Å². The fourth-order valence-corrected chi connectivity index (χ4v) is 1.05. The molecule has 0 amide bonds. The number of aliphatic hydroxyl groups excluding tert-OH is 2. The molecule has 72 valence electrons. The molecule has 2 N–H and O–H groups in total. The van der Waals surface area contributed by atoms with Crippen molar-refractivity contribution in [3.8, 4) is 0 Å². The predicted molar refractivity (Wildman–Crippen MR) is 41.7 cm³/mol. The van der Waals surface area contributed by atoms with E-state index in [1.807, 2.05) is 0 Å². The van der Waals surface area contributed by atoms with Gasteiger partial charge in [-0.3, -0.25) is 9.59 Å². The first-order valence-corrected chi connectivity index (χ1v) is 3.78. The lowest BCUT2D eigenvalue weighted by Crippen LogP contribution is -2.45. The third kappa shape index (κ3) is 2.13. The van der Waals surface area contributed by atoms with Crippen molar-refractivity contribution in [1.82, 2.24) is 0 Å². The molecule has 0 bridgehead atoms. The van der Waals surface area contributed by atoms with Crippen molar-refractivity contribution >= 4 is 11.8 Å². The first-order valence-electron chi connectivity index (χ1n) is 3.78. The number of rotatable bonds is 1. The summed E-state index contributed by atoms with van der Waals surface area (Å²) in [5.74, 6) is -1.16. The zero-order valence-electron chi connectivity index (χ0n) is 7.01. The summed E-state index contributed by atoms with van der Waals surface area (Å²) < 4.78 is 4.63. The Balaban J connectivity index is 2.72. The van der Waals surface area contributed by atoms with Gasteiger partial charge >= 0.3 is 5.97 Å². The van der Waals surface area contributed by atoms with Crippen LogP contribution in [0.5, 0.6) is 0 Å². The van der Waals surface area contributed by atoms with Crippen molar-refractivity contribution in [2.45, 2.75) is 25.2 Å². The van der Waals surface area contributed by atoms with E-state index in [0.29, 0.717) is 0 Å². The van der Waals surface area contributed by atoms with Crippen molar-refractivity contribution in [2.75, 3.05) is 0 Å². The van der Waals surface area contributed by atoms with Gasteiger partial charge in [0.1, 0.15) is 18.3 Å². The molecule has 0 aliphatic heterocycles. The summed E-state index contributed by atoms with van der Waals surface area (Å²) in [7, 11) is 0. The highest BCUT2D eigenvalue weighted by Crippen LogP contribution is 2.13. The second-order valence-electron chi connectivity index (χ2n) is 2.77. The highest BCUT2D eigenvalue weighted by Gasteiger charge is 2.34. The minimum Gasteiger partial charge on any atom is -0.455 e. The van der Waals surface area contributed by atoms with Crippen molar-refractivity contribution < 1.29 is 24.5 Å². The number of carbonyl (C=O) groups is 2. The topological polar surface area (TPSA) is 83.8 Å². The van der Waals surface area contributed by atoms with Crippen LogP contribution in [0.4, 0.5) is 0 Å². The van der Waals surface area contributed by atoms with E-state index < -0.39 is 30.1 Å². The van der Waals surface area contributed by atoms with E-state index >= 15 is 0 Å². The van der Waals surface area contributed by atoms with Gasteiger partial charge in [0, 0.05) is 6.92 Å². The molecule has 0 aromatic heterocycles. The summed E-state index contributed by atoms with van der Waals surface area (Å²) in [6.07, 6.45) is -1.48. The summed E-state index contributed by atoms with van der Waals surface area (Å²) in [5.41, 5.74) is 0. The molecule has 1 aliphatic carbocycles. The standard InChI is InChI=1S/C8H10O5/c1-4(9)13-6-3-2-5(10)7(11)8(6)12/h2-3,6-8,11-12H,1H3/t6-,7-,8-/m1/s1. The molecule has 0 heterocycles. The third-order valence-corrected chi connectivity index (χ3v) is 1.70. The van der Waals surface area contributed by atoms with Crippen molar-refractivity contribution in [3.05, 3.63) is 12.2 Å². The average molecular weight is 186 g/mol. The number of aliphatic hydroxyl groups is 2. The van der Waals surface area contributed by atoms with Crippen molar-refractivity contribution in [1.29, 1.82) is 0 Å². The second-order valence-corrected chi connectivity index (χ2v) is 2.77. The highest BCUT2D eigenvalue weighted by atomic mass is 16.6. The molecule has 0 spiro atoms. The maximum Gasteiger partial charge on any atom is 0.303 e. The average Bonchev–Trinajstić information content (AvgIpc) is 2.06. The summed E-state index contributed by atoms with van der Waals surface area (Å²) in [4.78, 5) is 21.3. The molecular weight excluding hydrogens is 176 g/mol. The van der Waals surface area contributed by atoms with Crippen LogP contribution in [0.15, 0.2) is 12.2 Å². The monoisotopic (exact) mass is 186 g/mol. The smallest absolute Gasteiger partial charge is 0.303 e. The molecule has 1 aliphatic rings. The Morgan fingerprint density at radius 1 is 1.54 bits per heavy atom. The fraction of sp³-hybridized carbons (Fsp3) is 0.500. The van der Waals surface area contributed by atoms with Gasteiger partial charge in [0.2, 0.25) is 0 Å². The molecule has 0 unspecified atom stereocenters. The van der Waals surface area contributed by atoms with Crippen LogP contribution < -0.4 is 0 Å². The Bertz CT molecular complexity index is 257. The maximum atomic E-state index is 10.8. The number of ketones is 1. The number of hydrogen-bond donors (Lipinski definition) is 2. The second kappa shape index (κ2) is 3.68. The van der Waals surface area contributed by atoms with E-state index in [0.717, 1.165) is 6.08 Å². The maximum absolute atomic E-state index is 10.8.